The molecule has 0 radical (unpaired) electrons. The molecule has 1 aromatic rings. The second kappa shape index (κ2) is 6.58. The summed E-state index contributed by atoms with van der Waals surface area (Å²) in [6.07, 6.45) is 1.20. The summed E-state index contributed by atoms with van der Waals surface area (Å²) in [6, 6.07) is 7.58. The largest absolute Gasteiger partial charge is 0.466 e. The first-order valence-electron chi connectivity index (χ1n) is 6.50. The molecule has 0 atom stereocenters. The number of amides is 1. The number of hydrogen-bond acceptors (Lipinski definition) is 5. The number of rotatable bonds is 3. The van der Waals surface area contributed by atoms with E-state index in [4.69, 9.17) is 0 Å². The van der Waals surface area contributed by atoms with Crippen molar-refractivity contribution >= 4 is 34.5 Å². The highest BCUT2D eigenvalue weighted by Gasteiger charge is 2.34. The Balaban J connectivity index is 2.40. The predicted octanol–water partition coefficient (Wildman–Crippen LogP) is 2.51. The molecule has 6 heteroatoms. The highest BCUT2D eigenvalue weighted by molar-refractivity contribution is 8.19. The molecule has 0 aliphatic carbocycles. The SMILES string of the molecule is CCN=C1S/C(=C\C(=O)OC)C(=O)N1c1ccc(C)cc1. The van der Waals surface area contributed by atoms with E-state index in [1.165, 1.54) is 29.8 Å². The number of carbonyl (C=O) groups excluding carboxylic acids is 2. The van der Waals surface area contributed by atoms with E-state index in [1.54, 1.807) is 0 Å². The van der Waals surface area contributed by atoms with E-state index >= 15 is 0 Å². The van der Waals surface area contributed by atoms with E-state index in [-0.39, 0.29) is 5.91 Å². The maximum absolute atomic E-state index is 12.5. The van der Waals surface area contributed by atoms with Gasteiger partial charge in [0.2, 0.25) is 0 Å². The van der Waals surface area contributed by atoms with Gasteiger partial charge in [0.15, 0.2) is 5.17 Å². The van der Waals surface area contributed by atoms with Crippen LogP contribution >= 0.6 is 11.8 Å². The third-order valence-corrected chi connectivity index (χ3v) is 3.85. The smallest absolute Gasteiger partial charge is 0.331 e. The quantitative estimate of drug-likeness (QED) is 0.636. The van der Waals surface area contributed by atoms with Gasteiger partial charge in [-0.15, -0.1) is 0 Å². The Hall–Kier alpha value is -2.08. The van der Waals surface area contributed by atoms with Crippen molar-refractivity contribution in [1.29, 1.82) is 0 Å². The second-order valence-electron chi connectivity index (χ2n) is 4.37. The molecule has 0 aromatic heterocycles. The summed E-state index contributed by atoms with van der Waals surface area (Å²) in [6.45, 7) is 4.44. The van der Waals surface area contributed by atoms with Crippen molar-refractivity contribution in [3.8, 4) is 0 Å². The van der Waals surface area contributed by atoms with Gasteiger partial charge in [-0.25, -0.2) is 4.79 Å². The van der Waals surface area contributed by atoms with Gasteiger partial charge in [0.05, 0.1) is 17.7 Å². The lowest BCUT2D eigenvalue weighted by Crippen LogP contribution is -2.29. The number of methoxy groups -OCH3 is 1. The maximum atomic E-state index is 12.5. The van der Waals surface area contributed by atoms with Crippen LogP contribution in [0.4, 0.5) is 5.69 Å². The summed E-state index contributed by atoms with van der Waals surface area (Å²) in [7, 11) is 1.28. The zero-order valence-corrected chi connectivity index (χ0v) is 12.9. The zero-order chi connectivity index (χ0) is 15.4. The van der Waals surface area contributed by atoms with E-state index in [0.717, 1.165) is 11.3 Å². The number of benzene rings is 1. The highest BCUT2D eigenvalue weighted by Crippen LogP contribution is 2.34. The Bertz CT molecular complexity index is 620. The van der Waals surface area contributed by atoms with Gasteiger partial charge in [0.1, 0.15) is 0 Å². The fourth-order valence-electron chi connectivity index (χ4n) is 1.80. The molecule has 1 saturated heterocycles. The average Bonchev–Trinajstić information content (AvgIpc) is 2.77. The Labute approximate surface area is 127 Å². The van der Waals surface area contributed by atoms with Gasteiger partial charge in [-0.3, -0.25) is 14.7 Å². The molecule has 1 aliphatic rings. The van der Waals surface area contributed by atoms with E-state index in [0.29, 0.717) is 16.6 Å². The van der Waals surface area contributed by atoms with Gasteiger partial charge >= 0.3 is 5.97 Å². The number of hydrogen-bond donors (Lipinski definition) is 0. The lowest BCUT2D eigenvalue weighted by molar-refractivity contribution is -0.135. The number of amidine groups is 1. The van der Waals surface area contributed by atoms with Crippen LogP contribution in [0.15, 0.2) is 40.2 Å². The molecule has 21 heavy (non-hydrogen) atoms. The average molecular weight is 304 g/mol. The Morgan fingerprint density at radius 3 is 2.62 bits per heavy atom. The van der Waals surface area contributed by atoms with Crippen molar-refractivity contribution in [2.24, 2.45) is 4.99 Å². The molecule has 0 unspecified atom stereocenters. The number of aliphatic imine (C=N–C) groups is 1. The lowest BCUT2D eigenvalue weighted by atomic mass is 10.2. The molecule has 1 amide bonds. The second-order valence-corrected chi connectivity index (χ2v) is 5.38. The minimum absolute atomic E-state index is 0.263. The van der Waals surface area contributed by atoms with Crippen LogP contribution in [0.1, 0.15) is 12.5 Å². The topological polar surface area (TPSA) is 59.0 Å². The van der Waals surface area contributed by atoms with Gasteiger partial charge < -0.3 is 4.74 Å². The van der Waals surface area contributed by atoms with Crippen molar-refractivity contribution < 1.29 is 14.3 Å². The lowest BCUT2D eigenvalue weighted by Gasteiger charge is -2.15. The van der Waals surface area contributed by atoms with E-state index in [1.807, 2.05) is 38.1 Å². The molecular formula is C15H16N2O3S. The van der Waals surface area contributed by atoms with Crippen molar-refractivity contribution in [3.63, 3.8) is 0 Å². The molecule has 110 valence electrons. The number of ether oxygens (including phenoxy) is 1. The first-order chi connectivity index (χ1) is 10.1. The van der Waals surface area contributed by atoms with Crippen molar-refractivity contribution in [2.75, 3.05) is 18.6 Å². The van der Waals surface area contributed by atoms with Gasteiger partial charge in [0, 0.05) is 12.6 Å². The van der Waals surface area contributed by atoms with Gasteiger partial charge in [-0.2, -0.15) is 0 Å². The zero-order valence-electron chi connectivity index (χ0n) is 12.1. The molecule has 2 rings (SSSR count). The van der Waals surface area contributed by atoms with Crippen LogP contribution in [0.25, 0.3) is 0 Å². The van der Waals surface area contributed by atoms with E-state index in [2.05, 4.69) is 9.73 Å². The molecule has 1 aliphatic heterocycles. The van der Waals surface area contributed by atoms with Crippen LogP contribution in [-0.2, 0) is 14.3 Å². The molecule has 5 nitrogen and oxygen atoms in total. The fourth-order valence-corrected chi connectivity index (χ4v) is 2.81. The van der Waals surface area contributed by atoms with Gasteiger partial charge in [-0.05, 0) is 37.7 Å². The van der Waals surface area contributed by atoms with Crippen LogP contribution in [0, 0.1) is 6.92 Å². The Morgan fingerprint density at radius 1 is 1.38 bits per heavy atom. The molecule has 1 fully saturated rings. The van der Waals surface area contributed by atoms with Crippen molar-refractivity contribution in [1.82, 2.24) is 0 Å². The van der Waals surface area contributed by atoms with E-state index < -0.39 is 5.97 Å². The number of esters is 1. The molecule has 0 saturated carbocycles. The number of aryl methyl sites for hydroxylation is 1. The van der Waals surface area contributed by atoms with Gasteiger partial charge in [0.25, 0.3) is 5.91 Å². The summed E-state index contributed by atoms with van der Waals surface area (Å²) in [5, 5.41) is 0.571. The summed E-state index contributed by atoms with van der Waals surface area (Å²) >= 11 is 1.18. The minimum Gasteiger partial charge on any atom is -0.466 e. The normalized spacial score (nSPS) is 18.6. The first kappa shape index (κ1) is 15.3. The monoisotopic (exact) mass is 304 g/mol. The predicted molar refractivity (Wildman–Crippen MR) is 84.3 cm³/mol. The molecular weight excluding hydrogens is 288 g/mol. The maximum Gasteiger partial charge on any atom is 0.331 e. The third-order valence-electron chi connectivity index (χ3n) is 2.84. The fraction of sp³-hybridized carbons (Fsp3) is 0.267. The van der Waals surface area contributed by atoms with Crippen LogP contribution < -0.4 is 4.90 Å². The number of anilines is 1. The van der Waals surface area contributed by atoms with Crippen LogP contribution in [0.3, 0.4) is 0 Å². The number of carbonyl (C=O) groups is 2. The first-order valence-corrected chi connectivity index (χ1v) is 7.31. The Kier molecular flexibility index (Phi) is 4.80. The molecule has 0 N–H and O–H groups in total. The number of thioether (sulfide) groups is 1. The molecule has 0 bridgehead atoms. The van der Waals surface area contributed by atoms with Gasteiger partial charge in [-0.1, -0.05) is 17.7 Å². The van der Waals surface area contributed by atoms with E-state index in [9.17, 15) is 9.59 Å². The third kappa shape index (κ3) is 3.33. The molecule has 1 heterocycles. The summed E-state index contributed by atoms with van der Waals surface area (Å²) < 4.78 is 4.57. The van der Waals surface area contributed by atoms with Crippen LogP contribution in [0.2, 0.25) is 0 Å². The summed E-state index contributed by atoms with van der Waals surface area (Å²) in [5.41, 5.74) is 1.84. The highest BCUT2D eigenvalue weighted by atomic mass is 32.2. The Morgan fingerprint density at radius 2 is 2.05 bits per heavy atom. The van der Waals surface area contributed by atoms with Crippen molar-refractivity contribution in [3.05, 3.63) is 40.8 Å². The summed E-state index contributed by atoms with van der Waals surface area (Å²) in [5.74, 6) is -0.811. The standard InChI is InChI=1S/C15H16N2O3S/c1-4-16-15-17(11-7-5-10(2)6-8-11)14(19)12(21-15)9-13(18)20-3/h5-9H,4H2,1-3H3/b12-9-,16-15?. The summed E-state index contributed by atoms with van der Waals surface area (Å²) in [4.78, 5) is 30.0. The minimum atomic E-state index is -0.549. The van der Waals surface area contributed by atoms with Crippen LogP contribution in [-0.4, -0.2) is 30.7 Å². The number of nitrogens with zero attached hydrogens (tertiary/aromatic N) is 2. The molecule has 0 spiro atoms. The van der Waals surface area contributed by atoms with Crippen LogP contribution in [0.5, 0.6) is 0 Å². The molecule has 1 aromatic carbocycles. The van der Waals surface area contributed by atoms with Crippen molar-refractivity contribution in [2.45, 2.75) is 13.8 Å².